The van der Waals surface area contributed by atoms with Crippen LogP contribution in [-0.4, -0.2) is 13.6 Å². The van der Waals surface area contributed by atoms with Crippen molar-refractivity contribution in [3.8, 4) is 0 Å². The van der Waals surface area contributed by atoms with Crippen molar-refractivity contribution in [3.05, 3.63) is 12.2 Å². The first-order valence-electron chi connectivity index (χ1n) is 2.98. The topological polar surface area (TPSA) is 12.0 Å². The van der Waals surface area contributed by atoms with Crippen molar-refractivity contribution in [1.29, 1.82) is 0 Å². The zero-order valence-corrected chi connectivity index (χ0v) is 5.99. The van der Waals surface area contributed by atoms with Crippen LogP contribution in [-0.2, 0) is 0 Å². The highest BCUT2D eigenvalue weighted by Gasteiger charge is 1.97. The Kier molecular flexibility index (Phi) is 3.53. The fraction of sp³-hybridized carbons (Fsp3) is 0.714. The summed E-state index contributed by atoms with van der Waals surface area (Å²) in [4.78, 5) is 0. The molecule has 0 spiro atoms. The molecule has 0 fully saturated rings. The van der Waals surface area contributed by atoms with Crippen LogP contribution >= 0.6 is 0 Å². The molecule has 1 N–H and O–H groups in total. The van der Waals surface area contributed by atoms with Crippen LogP contribution in [0, 0.1) is 5.92 Å². The van der Waals surface area contributed by atoms with E-state index in [1.54, 1.807) is 0 Å². The van der Waals surface area contributed by atoms with Gasteiger partial charge in [-0.1, -0.05) is 19.1 Å². The largest absolute Gasteiger partial charge is 0.319 e. The van der Waals surface area contributed by atoms with Crippen molar-refractivity contribution in [2.45, 2.75) is 13.8 Å². The molecule has 0 rings (SSSR count). The van der Waals surface area contributed by atoms with E-state index < -0.39 is 0 Å². The molecule has 0 aromatic carbocycles. The molecule has 1 nitrogen and oxygen atoms in total. The lowest BCUT2D eigenvalue weighted by Gasteiger charge is -2.08. The molecule has 0 bridgehead atoms. The van der Waals surface area contributed by atoms with Gasteiger partial charge >= 0.3 is 0 Å². The summed E-state index contributed by atoms with van der Waals surface area (Å²) in [5, 5.41) is 3.09. The highest BCUT2D eigenvalue weighted by Crippen LogP contribution is 2.03. The van der Waals surface area contributed by atoms with Crippen LogP contribution in [0.5, 0.6) is 0 Å². The third-order valence-corrected chi connectivity index (χ3v) is 1.35. The Balaban J connectivity index is 3.32. The first-order valence-corrected chi connectivity index (χ1v) is 2.98. The van der Waals surface area contributed by atoms with Crippen molar-refractivity contribution in [2.24, 2.45) is 5.92 Å². The summed E-state index contributed by atoms with van der Waals surface area (Å²) in [5.74, 6) is 0.611. The molecule has 0 heterocycles. The van der Waals surface area contributed by atoms with Crippen LogP contribution in [0.3, 0.4) is 0 Å². The van der Waals surface area contributed by atoms with Gasteiger partial charge < -0.3 is 5.32 Å². The molecule has 0 aromatic rings. The van der Waals surface area contributed by atoms with E-state index in [1.807, 2.05) is 7.05 Å². The van der Waals surface area contributed by atoms with Crippen LogP contribution in [0.2, 0.25) is 0 Å². The number of rotatable bonds is 3. The molecule has 0 aromatic heterocycles. The first-order chi connectivity index (χ1) is 3.68. The Hall–Kier alpha value is -0.300. The predicted molar refractivity (Wildman–Crippen MR) is 37.9 cm³/mol. The van der Waals surface area contributed by atoms with E-state index in [1.165, 1.54) is 5.57 Å². The van der Waals surface area contributed by atoms with Crippen LogP contribution < -0.4 is 5.32 Å². The number of nitrogens with one attached hydrogen (secondary N) is 1. The summed E-state index contributed by atoms with van der Waals surface area (Å²) in [5.41, 5.74) is 1.25. The summed E-state index contributed by atoms with van der Waals surface area (Å²) in [6, 6.07) is 0. The molecule has 0 amide bonds. The van der Waals surface area contributed by atoms with Crippen LogP contribution in [0.4, 0.5) is 0 Å². The van der Waals surface area contributed by atoms with E-state index in [0.717, 1.165) is 6.54 Å². The van der Waals surface area contributed by atoms with Crippen molar-refractivity contribution < 1.29 is 0 Å². The SMILES string of the molecule is C=C(C)C(C)CNC. The monoisotopic (exact) mass is 113 g/mol. The first kappa shape index (κ1) is 7.70. The van der Waals surface area contributed by atoms with Gasteiger partial charge in [0.05, 0.1) is 0 Å². The summed E-state index contributed by atoms with van der Waals surface area (Å²) in [6.07, 6.45) is 0. The molecule has 0 saturated heterocycles. The molecule has 1 heteroatoms. The predicted octanol–water partition coefficient (Wildman–Crippen LogP) is 1.42. The van der Waals surface area contributed by atoms with Gasteiger partial charge in [0, 0.05) is 6.54 Å². The minimum absolute atomic E-state index is 0.611. The van der Waals surface area contributed by atoms with E-state index in [-0.39, 0.29) is 0 Å². The normalized spacial score (nSPS) is 13.4. The summed E-state index contributed by atoms with van der Waals surface area (Å²) in [6.45, 7) is 9.09. The highest BCUT2D eigenvalue weighted by molar-refractivity contribution is 4.94. The maximum atomic E-state index is 3.83. The third kappa shape index (κ3) is 2.80. The molecular weight excluding hydrogens is 98.1 g/mol. The quantitative estimate of drug-likeness (QED) is 0.546. The lowest BCUT2D eigenvalue weighted by Crippen LogP contribution is -2.16. The van der Waals surface area contributed by atoms with Crippen LogP contribution in [0.1, 0.15) is 13.8 Å². The molecule has 0 saturated carbocycles. The van der Waals surface area contributed by atoms with Crippen molar-refractivity contribution in [1.82, 2.24) is 5.32 Å². The molecule has 0 radical (unpaired) electrons. The molecule has 1 atom stereocenters. The van der Waals surface area contributed by atoms with Crippen molar-refractivity contribution >= 4 is 0 Å². The minimum Gasteiger partial charge on any atom is -0.319 e. The Morgan fingerprint density at radius 2 is 2.25 bits per heavy atom. The molecule has 1 unspecified atom stereocenters. The van der Waals surface area contributed by atoms with Gasteiger partial charge in [0.2, 0.25) is 0 Å². The van der Waals surface area contributed by atoms with Crippen molar-refractivity contribution in [2.75, 3.05) is 13.6 Å². The molecule has 0 aliphatic heterocycles. The Bertz CT molecular complexity index is 76.5. The second-order valence-corrected chi connectivity index (χ2v) is 2.31. The molecule has 8 heavy (non-hydrogen) atoms. The zero-order valence-electron chi connectivity index (χ0n) is 5.99. The van der Waals surface area contributed by atoms with Gasteiger partial charge in [-0.15, -0.1) is 0 Å². The van der Waals surface area contributed by atoms with E-state index in [0.29, 0.717) is 5.92 Å². The average molecular weight is 113 g/mol. The highest BCUT2D eigenvalue weighted by atomic mass is 14.8. The summed E-state index contributed by atoms with van der Waals surface area (Å²) in [7, 11) is 1.96. The second-order valence-electron chi connectivity index (χ2n) is 2.31. The molecule has 48 valence electrons. The van der Waals surface area contributed by atoms with Gasteiger partial charge in [0.1, 0.15) is 0 Å². The zero-order chi connectivity index (χ0) is 6.57. The summed E-state index contributed by atoms with van der Waals surface area (Å²) >= 11 is 0. The van der Waals surface area contributed by atoms with Gasteiger partial charge in [-0.25, -0.2) is 0 Å². The van der Waals surface area contributed by atoms with E-state index in [9.17, 15) is 0 Å². The van der Waals surface area contributed by atoms with Crippen LogP contribution in [0.25, 0.3) is 0 Å². The van der Waals surface area contributed by atoms with Gasteiger partial charge in [0.25, 0.3) is 0 Å². The molecular formula is C7H15N. The van der Waals surface area contributed by atoms with Gasteiger partial charge in [0.15, 0.2) is 0 Å². The average Bonchev–Trinajstić information content (AvgIpc) is 1.67. The maximum absolute atomic E-state index is 3.83. The molecule has 0 aliphatic rings. The van der Waals surface area contributed by atoms with Gasteiger partial charge in [-0.2, -0.15) is 0 Å². The van der Waals surface area contributed by atoms with E-state index in [4.69, 9.17) is 0 Å². The molecule has 0 aliphatic carbocycles. The Labute approximate surface area is 51.8 Å². The fourth-order valence-corrected chi connectivity index (χ4v) is 0.480. The lowest BCUT2D eigenvalue weighted by atomic mass is 10.1. The number of hydrogen-bond acceptors (Lipinski definition) is 1. The van der Waals surface area contributed by atoms with Gasteiger partial charge in [-0.3, -0.25) is 0 Å². The van der Waals surface area contributed by atoms with Crippen molar-refractivity contribution in [3.63, 3.8) is 0 Å². The Morgan fingerprint density at radius 3 is 2.38 bits per heavy atom. The minimum atomic E-state index is 0.611. The smallest absolute Gasteiger partial charge is 0.00110 e. The lowest BCUT2D eigenvalue weighted by molar-refractivity contribution is 0.621. The Morgan fingerprint density at radius 1 is 1.75 bits per heavy atom. The van der Waals surface area contributed by atoms with Gasteiger partial charge in [-0.05, 0) is 19.9 Å². The third-order valence-electron chi connectivity index (χ3n) is 1.35. The maximum Gasteiger partial charge on any atom is 0.00110 e. The number of hydrogen-bond donors (Lipinski definition) is 1. The van der Waals surface area contributed by atoms with Crippen LogP contribution in [0.15, 0.2) is 12.2 Å². The standard InChI is InChI=1S/C7H15N/c1-6(2)7(3)5-8-4/h7-8H,1,5H2,2-4H3. The van der Waals surface area contributed by atoms with E-state index in [2.05, 4.69) is 25.7 Å². The van der Waals surface area contributed by atoms with E-state index >= 15 is 0 Å². The summed E-state index contributed by atoms with van der Waals surface area (Å²) < 4.78 is 0. The fourth-order valence-electron chi connectivity index (χ4n) is 0.480. The second kappa shape index (κ2) is 3.67.